The summed E-state index contributed by atoms with van der Waals surface area (Å²) in [5.41, 5.74) is 2.18. The summed E-state index contributed by atoms with van der Waals surface area (Å²) < 4.78 is 5.27. The van der Waals surface area contributed by atoms with Crippen LogP contribution in [0.3, 0.4) is 0 Å². The summed E-state index contributed by atoms with van der Waals surface area (Å²) in [4.78, 5) is 13.0. The lowest BCUT2D eigenvalue weighted by atomic mass is 9.99. The molecule has 0 aliphatic rings. The first-order valence-corrected chi connectivity index (χ1v) is 7.18. The monoisotopic (exact) mass is 305 g/mol. The highest BCUT2D eigenvalue weighted by Crippen LogP contribution is 2.24. The average molecular weight is 305 g/mol. The van der Waals surface area contributed by atoms with Crippen LogP contribution in [-0.2, 0) is 6.54 Å². The Morgan fingerprint density at radius 2 is 2.17 bits per heavy atom. The lowest BCUT2D eigenvalue weighted by molar-refractivity contribution is 0.517. The summed E-state index contributed by atoms with van der Waals surface area (Å²) in [6.45, 7) is 2.37. The fourth-order valence-electron chi connectivity index (χ4n) is 2.23. The van der Waals surface area contributed by atoms with E-state index in [2.05, 4.69) is 26.3 Å². The number of nitrogens with one attached hydrogen (secondary N) is 1. The summed E-state index contributed by atoms with van der Waals surface area (Å²) in [5, 5.41) is 12.6. The van der Waals surface area contributed by atoms with E-state index in [1.165, 1.54) is 0 Å². The van der Waals surface area contributed by atoms with Crippen molar-refractivity contribution in [3.8, 4) is 6.07 Å². The van der Waals surface area contributed by atoms with Crippen molar-refractivity contribution in [1.82, 2.24) is 15.0 Å². The van der Waals surface area contributed by atoms with Crippen LogP contribution in [0.1, 0.15) is 28.6 Å². The molecule has 0 saturated heterocycles. The molecule has 0 amide bonds. The van der Waals surface area contributed by atoms with Gasteiger partial charge in [0.25, 0.3) is 0 Å². The van der Waals surface area contributed by atoms with E-state index in [1.807, 2.05) is 37.3 Å². The topological polar surface area (TPSA) is 87.6 Å². The van der Waals surface area contributed by atoms with Gasteiger partial charge in [-0.05, 0) is 36.8 Å². The van der Waals surface area contributed by atoms with Crippen LogP contribution in [0, 0.1) is 18.3 Å². The summed E-state index contributed by atoms with van der Waals surface area (Å²) in [6.07, 6.45) is 5.00. The molecule has 0 bridgehead atoms. The van der Waals surface area contributed by atoms with Crippen LogP contribution >= 0.6 is 0 Å². The Labute approximate surface area is 133 Å². The van der Waals surface area contributed by atoms with E-state index in [0.717, 1.165) is 11.3 Å². The average Bonchev–Trinajstić information content (AvgIpc) is 3.10. The molecule has 3 heterocycles. The molecular formula is C17H15N5O. The maximum absolute atomic E-state index is 9.54. The molecule has 3 aromatic heterocycles. The molecule has 1 unspecified atom stereocenters. The van der Waals surface area contributed by atoms with Crippen LogP contribution in [0.5, 0.6) is 0 Å². The van der Waals surface area contributed by atoms with Crippen molar-refractivity contribution in [3.63, 3.8) is 0 Å². The lowest BCUT2D eigenvalue weighted by Crippen LogP contribution is -2.10. The van der Waals surface area contributed by atoms with Crippen molar-refractivity contribution in [1.29, 1.82) is 5.26 Å². The molecule has 0 aliphatic heterocycles. The van der Waals surface area contributed by atoms with Gasteiger partial charge in [-0.15, -0.1) is 0 Å². The number of hydrogen-bond acceptors (Lipinski definition) is 6. The molecule has 3 aromatic rings. The summed E-state index contributed by atoms with van der Waals surface area (Å²) in [7, 11) is 0. The maximum atomic E-state index is 9.54. The second kappa shape index (κ2) is 6.71. The largest absolute Gasteiger partial charge is 0.467 e. The number of aromatic nitrogens is 3. The summed E-state index contributed by atoms with van der Waals surface area (Å²) >= 11 is 0. The zero-order valence-electron chi connectivity index (χ0n) is 12.6. The smallest absolute Gasteiger partial charge is 0.223 e. The van der Waals surface area contributed by atoms with Gasteiger partial charge in [0.15, 0.2) is 0 Å². The van der Waals surface area contributed by atoms with Crippen LogP contribution in [0.25, 0.3) is 0 Å². The maximum Gasteiger partial charge on any atom is 0.223 e. The van der Waals surface area contributed by atoms with Crippen molar-refractivity contribution in [2.24, 2.45) is 0 Å². The minimum absolute atomic E-state index is 0.457. The first-order chi connectivity index (χ1) is 11.3. The van der Waals surface area contributed by atoms with Gasteiger partial charge in [0.2, 0.25) is 5.95 Å². The molecule has 3 rings (SSSR count). The fourth-order valence-corrected chi connectivity index (χ4v) is 2.23. The molecule has 23 heavy (non-hydrogen) atoms. The molecule has 0 radical (unpaired) electrons. The fraction of sp³-hybridized carbons (Fsp3) is 0.176. The van der Waals surface area contributed by atoms with Gasteiger partial charge in [-0.2, -0.15) is 5.26 Å². The van der Waals surface area contributed by atoms with Gasteiger partial charge < -0.3 is 9.73 Å². The van der Waals surface area contributed by atoms with Gasteiger partial charge in [0, 0.05) is 12.4 Å². The van der Waals surface area contributed by atoms with Gasteiger partial charge in [-0.3, -0.25) is 4.98 Å². The van der Waals surface area contributed by atoms with Crippen LogP contribution in [-0.4, -0.2) is 15.0 Å². The van der Waals surface area contributed by atoms with Crippen LogP contribution in [0.15, 0.2) is 53.4 Å². The third-order valence-corrected chi connectivity index (χ3v) is 3.40. The standard InChI is InChI=1S/C17H15N5O/c1-12-10-20-17(21-11-13-5-4-8-23-13)22-16(12)14(9-18)15-6-2-3-7-19-15/h2-8,10,14H,11H2,1H3,(H,20,21,22). The summed E-state index contributed by atoms with van der Waals surface area (Å²) in [6, 6.07) is 11.5. The van der Waals surface area contributed by atoms with Crippen molar-refractivity contribution in [2.45, 2.75) is 19.4 Å². The molecule has 0 saturated carbocycles. The number of hydrogen-bond donors (Lipinski definition) is 1. The molecule has 6 heteroatoms. The highest BCUT2D eigenvalue weighted by molar-refractivity contribution is 5.38. The van der Waals surface area contributed by atoms with Gasteiger partial charge >= 0.3 is 0 Å². The Bertz CT molecular complexity index is 809. The minimum Gasteiger partial charge on any atom is -0.467 e. The number of furan rings is 1. The van der Waals surface area contributed by atoms with Crippen LogP contribution in [0.4, 0.5) is 5.95 Å². The number of nitriles is 1. The van der Waals surface area contributed by atoms with Gasteiger partial charge in [0.1, 0.15) is 11.7 Å². The number of anilines is 1. The number of aryl methyl sites for hydroxylation is 1. The first kappa shape index (κ1) is 14.7. The second-order valence-electron chi connectivity index (χ2n) is 5.01. The summed E-state index contributed by atoms with van der Waals surface area (Å²) in [5.74, 6) is 0.721. The van der Waals surface area contributed by atoms with E-state index in [1.54, 1.807) is 18.7 Å². The molecular weight excluding hydrogens is 290 g/mol. The Hall–Kier alpha value is -3.20. The van der Waals surface area contributed by atoms with Crippen LogP contribution in [0.2, 0.25) is 0 Å². The van der Waals surface area contributed by atoms with Gasteiger partial charge in [0.05, 0.1) is 30.3 Å². The highest BCUT2D eigenvalue weighted by atomic mass is 16.3. The SMILES string of the molecule is Cc1cnc(NCc2ccco2)nc1C(C#N)c1ccccn1. The van der Waals surface area contributed by atoms with Crippen molar-refractivity contribution in [3.05, 3.63) is 71.7 Å². The Morgan fingerprint density at radius 3 is 2.87 bits per heavy atom. The van der Waals surface area contributed by atoms with Crippen molar-refractivity contribution in [2.75, 3.05) is 5.32 Å². The van der Waals surface area contributed by atoms with Crippen LogP contribution < -0.4 is 5.32 Å². The highest BCUT2D eigenvalue weighted by Gasteiger charge is 2.19. The molecule has 0 aromatic carbocycles. The molecule has 0 aliphatic carbocycles. The lowest BCUT2D eigenvalue weighted by Gasteiger charge is -2.12. The third kappa shape index (κ3) is 3.35. The zero-order chi connectivity index (χ0) is 16.1. The first-order valence-electron chi connectivity index (χ1n) is 7.18. The van der Waals surface area contributed by atoms with E-state index in [4.69, 9.17) is 4.42 Å². The molecule has 1 atom stereocenters. The van der Waals surface area contributed by atoms with E-state index in [-0.39, 0.29) is 0 Å². The van der Waals surface area contributed by atoms with Gasteiger partial charge in [-0.25, -0.2) is 9.97 Å². The predicted octanol–water partition coefficient (Wildman–Crippen LogP) is 3.04. The Kier molecular flexibility index (Phi) is 4.29. The molecule has 114 valence electrons. The van der Waals surface area contributed by atoms with Crippen molar-refractivity contribution >= 4 is 5.95 Å². The normalized spacial score (nSPS) is 11.7. The predicted molar refractivity (Wildman–Crippen MR) is 84.5 cm³/mol. The quantitative estimate of drug-likeness (QED) is 0.779. The Morgan fingerprint density at radius 1 is 1.26 bits per heavy atom. The number of rotatable bonds is 5. The molecule has 0 fully saturated rings. The molecule has 1 N–H and O–H groups in total. The van der Waals surface area contributed by atoms with E-state index in [0.29, 0.717) is 23.9 Å². The van der Waals surface area contributed by atoms with E-state index in [9.17, 15) is 5.26 Å². The number of nitrogens with zero attached hydrogens (tertiary/aromatic N) is 4. The minimum atomic E-state index is -0.525. The third-order valence-electron chi connectivity index (χ3n) is 3.40. The van der Waals surface area contributed by atoms with Gasteiger partial charge in [-0.1, -0.05) is 6.07 Å². The Balaban J connectivity index is 1.86. The van der Waals surface area contributed by atoms with E-state index < -0.39 is 5.92 Å². The molecule has 6 nitrogen and oxygen atoms in total. The second-order valence-corrected chi connectivity index (χ2v) is 5.01. The zero-order valence-corrected chi connectivity index (χ0v) is 12.6. The van der Waals surface area contributed by atoms with E-state index >= 15 is 0 Å². The van der Waals surface area contributed by atoms with Crippen molar-refractivity contribution < 1.29 is 4.42 Å². The molecule has 0 spiro atoms. The number of pyridine rings is 1.